The van der Waals surface area contributed by atoms with Gasteiger partial charge in [-0.25, -0.2) is 19.9 Å². The molecule has 0 fully saturated rings. The van der Waals surface area contributed by atoms with Crippen LogP contribution in [0.25, 0.3) is 22.6 Å². The fourth-order valence-corrected chi connectivity index (χ4v) is 2.28. The molecule has 4 aromatic heterocycles. The second-order valence-electron chi connectivity index (χ2n) is 5.14. The van der Waals surface area contributed by atoms with Crippen molar-refractivity contribution in [2.45, 2.75) is 0 Å². The molecule has 4 rings (SSSR count). The maximum Gasteiger partial charge on any atom is 0.228 e. The molecule has 7 nitrogen and oxygen atoms in total. The van der Waals surface area contributed by atoms with Crippen LogP contribution in [0.1, 0.15) is 0 Å². The van der Waals surface area contributed by atoms with Crippen molar-refractivity contribution >= 4 is 11.8 Å². The first kappa shape index (κ1) is 14.8. The molecule has 0 aliphatic rings. The van der Waals surface area contributed by atoms with Gasteiger partial charge >= 0.3 is 0 Å². The van der Waals surface area contributed by atoms with E-state index in [1.54, 1.807) is 43.2 Å². The molecule has 0 aliphatic carbocycles. The Morgan fingerprint density at radius 2 is 1.56 bits per heavy atom. The average molecular weight is 327 g/mol. The minimum Gasteiger partial charge on any atom is -0.309 e. The molecule has 1 N–H and O–H groups in total. The first-order chi connectivity index (χ1) is 12.4. The summed E-state index contributed by atoms with van der Waals surface area (Å²) in [5.41, 5.74) is 2.55. The van der Waals surface area contributed by atoms with Crippen LogP contribution in [0.4, 0.5) is 11.8 Å². The zero-order valence-electron chi connectivity index (χ0n) is 13.1. The van der Waals surface area contributed by atoms with Crippen molar-refractivity contribution in [1.29, 1.82) is 0 Å². The molecule has 0 amide bonds. The highest BCUT2D eigenvalue weighted by atomic mass is 15.1. The lowest BCUT2D eigenvalue weighted by molar-refractivity contribution is 1.12. The first-order valence-electron chi connectivity index (χ1n) is 7.62. The molecule has 4 aromatic rings. The van der Waals surface area contributed by atoms with E-state index in [-0.39, 0.29) is 0 Å². The molecule has 120 valence electrons. The van der Waals surface area contributed by atoms with Crippen molar-refractivity contribution in [3.05, 3.63) is 73.6 Å². The molecule has 0 aliphatic heterocycles. The van der Waals surface area contributed by atoms with E-state index in [1.165, 1.54) is 0 Å². The predicted octanol–water partition coefficient (Wildman–Crippen LogP) is 3.13. The van der Waals surface area contributed by atoms with Crippen molar-refractivity contribution < 1.29 is 0 Å². The molecular weight excluding hydrogens is 314 g/mol. The zero-order valence-corrected chi connectivity index (χ0v) is 13.1. The number of pyridine rings is 2. The molecule has 7 heteroatoms. The minimum atomic E-state index is 0.471. The zero-order chi connectivity index (χ0) is 16.9. The van der Waals surface area contributed by atoms with Gasteiger partial charge in [0.05, 0.1) is 5.69 Å². The highest BCUT2D eigenvalue weighted by molar-refractivity contribution is 5.68. The quantitative estimate of drug-likeness (QED) is 0.616. The molecule has 0 aromatic carbocycles. The highest BCUT2D eigenvalue weighted by Gasteiger charge is 2.10. The van der Waals surface area contributed by atoms with Gasteiger partial charge in [0.1, 0.15) is 5.82 Å². The Labute approximate surface area is 143 Å². The largest absolute Gasteiger partial charge is 0.309 e. The van der Waals surface area contributed by atoms with Crippen LogP contribution in [0, 0.1) is 0 Å². The van der Waals surface area contributed by atoms with E-state index in [9.17, 15) is 0 Å². The van der Waals surface area contributed by atoms with Gasteiger partial charge < -0.3 is 5.32 Å². The minimum absolute atomic E-state index is 0.471. The van der Waals surface area contributed by atoms with Crippen molar-refractivity contribution in [2.24, 2.45) is 0 Å². The third-order valence-electron chi connectivity index (χ3n) is 3.43. The monoisotopic (exact) mass is 327 g/mol. The number of nitrogens with zero attached hydrogens (tertiary/aromatic N) is 6. The second-order valence-corrected chi connectivity index (χ2v) is 5.14. The van der Waals surface area contributed by atoms with Crippen LogP contribution in [0.5, 0.6) is 0 Å². The Bertz CT molecular complexity index is 903. The number of hydrogen-bond acceptors (Lipinski definition) is 7. The summed E-state index contributed by atoms with van der Waals surface area (Å²) >= 11 is 0. The van der Waals surface area contributed by atoms with Crippen molar-refractivity contribution in [3.8, 4) is 22.6 Å². The lowest BCUT2D eigenvalue weighted by atomic mass is 10.2. The van der Waals surface area contributed by atoms with Crippen LogP contribution >= 0.6 is 0 Å². The fourth-order valence-electron chi connectivity index (χ4n) is 2.28. The summed E-state index contributed by atoms with van der Waals surface area (Å²) in [6, 6.07) is 11.2. The van der Waals surface area contributed by atoms with Crippen LogP contribution in [0.3, 0.4) is 0 Å². The van der Waals surface area contributed by atoms with Crippen LogP contribution in [-0.4, -0.2) is 29.9 Å². The lowest BCUT2D eigenvalue weighted by Gasteiger charge is -2.09. The standard InChI is InChI=1S/C18H13N7/c1-3-14(12-20-6-1)17-23-15(13-4-9-19-10-5-13)11-16(24-17)25-18-21-7-2-8-22-18/h1-12H,(H,21,22,23,24,25). The Hall–Kier alpha value is -3.74. The van der Waals surface area contributed by atoms with Crippen molar-refractivity contribution in [2.75, 3.05) is 5.32 Å². The molecule has 0 saturated heterocycles. The first-order valence-corrected chi connectivity index (χ1v) is 7.62. The summed E-state index contributed by atoms with van der Waals surface area (Å²) in [5, 5.41) is 3.11. The summed E-state index contributed by atoms with van der Waals surface area (Å²) in [6.45, 7) is 0. The van der Waals surface area contributed by atoms with Gasteiger partial charge in [0.15, 0.2) is 5.82 Å². The van der Waals surface area contributed by atoms with Gasteiger partial charge in [-0.1, -0.05) is 0 Å². The average Bonchev–Trinajstić information content (AvgIpc) is 2.70. The van der Waals surface area contributed by atoms with Gasteiger partial charge in [-0.15, -0.1) is 0 Å². The predicted molar refractivity (Wildman–Crippen MR) is 93.8 cm³/mol. The Morgan fingerprint density at radius 3 is 2.32 bits per heavy atom. The van der Waals surface area contributed by atoms with E-state index < -0.39 is 0 Å². The third kappa shape index (κ3) is 3.45. The number of rotatable bonds is 4. The lowest BCUT2D eigenvalue weighted by Crippen LogP contribution is -2.02. The number of anilines is 2. The highest BCUT2D eigenvalue weighted by Crippen LogP contribution is 2.24. The van der Waals surface area contributed by atoms with Crippen LogP contribution in [0.2, 0.25) is 0 Å². The summed E-state index contributed by atoms with van der Waals surface area (Å²) in [5.74, 6) is 1.65. The molecule has 0 saturated carbocycles. The molecular formula is C18H13N7. The number of nitrogens with one attached hydrogen (secondary N) is 1. The number of aromatic nitrogens is 6. The van der Waals surface area contributed by atoms with Crippen LogP contribution < -0.4 is 5.32 Å². The molecule has 0 radical (unpaired) electrons. The number of hydrogen-bond donors (Lipinski definition) is 1. The smallest absolute Gasteiger partial charge is 0.228 e. The van der Waals surface area contributed by atoms with Crippen LogP contribution in [0.15, 0.2) is 73.6 Å². The SMILES string of the molecule is c1cnc(Nc2cc(-c3ccncc3)nc(-c3cccnc3)n2)nc1. The van der Waals surface area contributed by atoms with E-state index in [1.807, 2.05) is 30.3 Å². The van der Waals surface area contributed by atoms with Crippen LogP contribution in [-0.2, 0) is 0 Å². The summed E-state index contributed by atoms with van der Waals surface area (Å²) in [4.78, 5) is 25.8. The van der Waals surface area contributed by atoms with Gasteiger partial charge in [0.25, 0.3) is 0 Å². The Balaban J connectivity index is 1.80. The van der Waals surface area contributed by atoms with E-state index >= 15 is 0 Å². The summed E-state index contributed by atoms with van der Waals surface area (Å²) in [7, 11) is 0. The Kier molecular flexibility index (Phi) is 4.03. The molecule has 0 spiro atoms. The summed E-state index contributed by atoms with van der Waals surface area (Å²) in [6.07, 6.45) is 10.2. The molecule has 4 heterocycles. The van der Waals surface area contributed by atoms with E-state index in [4.69, 9.17) is 0 Å². The maximum atomic E-state index is 4.66. The molecule has 0 bridgehead atoms. The summed E-state index contributed by atoms with van der Waals surface area (Å²) < 4.78 is 0. The third-order valence-corrected chi connectivity index (χ3v) is 3.43. The topological polar surface area (TPSA) is 89.4 Å². The molecule has 0 unspecified atom stereocenters. The van der Waals surface area contributed by atoms with Gasteiger partial charge in [-0.3, -0.25) is 9.97 Å². The van der Waals surface area contributed by atoms with Gasteiger partial charge in [0, 0.05) is 54.4 Å². The van der Waals surface area contributed by atoms with Crippen molar-refractivity contribution in [1.82, 2.24) is 29.9 Å². The van der Waals surface area contributed by atoms with E-state index in [0.717, 1.165) is 16.8 Å². The molecule has 0 atom stereocenters. The maximum absolute atomic E-state index is 4.66. The van der Waals surface area contributed by atoms with E-state index in [0.29, 0.717) is 17.6 Å². The van der Waals surface area contributed by atoms with Crippen molar-refractivity contribution in [3.63, 3.8) is 0 Å². The normalized spacial score (nSPS) is 10.4. The van der Waals surface area contributed by atoms with Gasteiger partial charge in [-0.05, 0) is 30.3 Å². The van der Waals surface area contributed by atoms with Gasteiger partial charge in [-0.2, -0.15) is 0 Å². The van der Waals surface area contributed by atoms with Gasteiger partial charge in [0.2, 0.25) is 5.95 Å². The Morgan fingerprint density at radius 1 is 0.720 bits per heavy atom. The molecule has 25 heavy (non-hydrogen) atoms. The fraction of sp³-hybridized carbons (Fsp3) is 0. The second kappa shape index (κ2) is 6.79. The van der Waals surface area contributed by atoms with E-state index in [2.05, 4.69) is 35.2 Å².